The van der Waals surface area contributed by atoms with Crippen molar-refractivity contribution in [2.75, 3.05) is 13.2 Å². The Morgan fingerprint density at radius 2 is 1.86 bits per heavy atom. The second-order valence-corrected chi connectivity index (χ2v) is 5.79. The summed E-state index contributed by atoms with van der Waals surface area (Å²) in [6, 6.07) is 13.5. The molecule has 0 heterocycles. The van der Waals surface area contributed by atoms with Crippen LogP contribution < -0.4 is 9.47 Å². The van der Waals surface area contributed by atoms with E-state index in [-0.39, 0.29) is 0 Å². The Morgan fingerprint density at radius 1 is 1.10 bits per heavy atom. The molecule has 2 aromatic carbocycles. The van der Waals surface area contributed by atoms with Crippen molar-refractivity contribution in [2.45, 2.75) is 20.0 Å². The van der Waals surface area contributed by atoms with E-state index in [4.69, 9.17) is 9.47 Å². The van der Waals surface area contributed by atoms with Crippen LogP contribution in [0.25, 0.3) is 0 Å². The summed E-state index contributed by atoms with van der Waals surface area (Å²) < 4.78 is 12.3. The highest BCUT2D eigenvalue weighted by molar-refractivity contribution is 9.10. The van der Waals surface area contributed by atoms with E-state index < -0.39 is 6.10 Å². The van der Waals surface area contributed by atoms with Gasteiger partial charge < -0.3 is 14.6 Å². The summed E-state index contributed by atoms with van der Waals surface area (Å²) in [5.41, 5.74) is 1.89. The molecule has 0 amide bonds. The molecule has 0 bridgehead atoms. The molecule has 0 spiro atoms. The van der Waals surface area contributed by atoms with Gasteiger partial charge in [-0.1, -0.05) is 34.1 Å². The fourth-order valence-electron chi connectivity index (χ4n) is 1.98. The van der Waals surface area contributed by atoms with E-state index >= 15 is 0 Å². The van der Waals surface area contributed by atoms with Crippen molar-refractivity contribution in [1.29, 1.82) is 0 Å². The summed E-state index contributed by atoms with van der Waals surface area (Å²) in [6.07, 6.45) is -0.549. The number of aryl methyl sites for hydroxylation is 1. The number of halogens is 1. The van der Waals surface area contributed by atoms with Gasteiger partial charge in [-0.3, -0.25) is 0 Å². The minimum Gasteiger partial charge on any atom is -0.490 e. The van der Waals surface area contributed by atoms with Crippen LogP contribution in [0.3, 0.4) is 0 Å². The number of hydrogen-bond donors (Lipinski definition) is 1. The highest BCUT2D eigenvalue weighted by Gasteiger charge is 2.09. The standard InChI is InChI=1S/C17H19BrO3/c1-12-6-7-16(13(2)19)17(10-12)21-9-8-20-15-5-3-4-14(18)11-15/h3-7,10-11,13,19H,8-9H2,1-2H3. The molecular formula is C17H19BrO3. The van der Waals surface area contributed by atoms with Gasteiger partial charge in [0, 0.05) is 10.0 Å². The molecule has 2 rings (SSSR count). The lowest BCUT2D eigenvalue weighted by Gasteiger charge is -2.14. The second kappa shape index (κ2) is 7.48. The van der Waals surface area contributed by atoms with E-state index in [2.05, 4.69) is 15.9 Å². The molecule has 0 aromatic heterocycles. The molecule has 1 N–H and O–H groups in total. The normalized spacial score (nSPS) is 12.0. The molecule has 0 saturated heterocycles. The molecule has 1 atom stereocenters. The first kappa shape index (κ1) is 15.9. The molecule has 1 unspecified atom stereocenters. The van der Waals surface area contributed by atoms with Crippen LogP contribution in [0.15, 0.2) is 46.9 Å². The summed E-state index contributed by atoms with van der Waals surface area (Å²) in [7, 11) is 0. The van der Waals surface area contributed by atoms with Crippen LogP contribution in [0.1, 0.15) is 24.2 Å². The summed E-state index contributed by atoms with van der Waals surface area (Å²) >= 11 is 3.40. The maximum atomic E-state index is 9.74. The zero-order valence-electron chi connectivity index (χ0n) is 12.2. The van der Waals surface area contributed by atoms with Crippen LogP contribution >= 0.6 is 15.9 Å². The quantitative estimate of drug-likeness (QED) is 0.790. The van der Waals surface area contributed by atoms with Gasteiger partial charge in [0.2, 0.25) is 0 Å². The lowest BCUT2D eigenvalue weighted by atomic mass is 10.1. The van der Waals surface area contributed by atoms with E-state index in [1.54, 1.807) is 6.92 Å². The molecule has 112 valence electrons. The van der Waals surface area contributed by atoms with Crippen molar-refractivity contribution >= 4 is 15.9 Å². The van der Waals surface area contributed by atoms with Gasteiger partial charge >= 0.3 is 0 Å². The van der Waals surface area contributed by atoms with Crippen molar-refractivity contribution in [3.63, 3.8) is 0 Å². The smallest absolute Gasteiger partial charge is 0.125 e. The average Bonchev–Trinajstić information content (AvgIpc) is 2.43. The lowest BCUT2D eigenvalue weighted by Crippen LogP contribution is -2.10. The monoisotopic (exact) mass is 350 g/mol. The highest BCUT2D eigenvalue weighted by atomic mass is 79.9. The zero-order chi connectivity index (χ0) is 15.2. The van der Waals surface area contributed by atoms with E-state index in [0.717, 1.165) is 21.3 Å². The number of benzene rings is 2. The van der Waals surface area contributed by atoms with Crippen LogP contribution in [0.5, 0.6) is 11.5 Å². The Hall–Kier alpha value is -1.52. The predicted molar refractivity (Wildman–Crippen MR) is 86.9 cm³/mol. The number of hydrogen-bond acceptors (Lipinski definition) is 3. The van der Waals surface area contributed by atoms with Gasteiger partial charge in [0.05, 0.1) is 6.10 Å². The van der Waals surface area contributed by atoms with Crippen LogP contribution in [0.2, 0.25) is 0 Å². The topological polar surface area (TPSA) is 38.7 Å². The van der Waals surface area contributed by atoms with Crippen molar-refractivity contribution in [1.82, 2.24) is 0 Å². The molecule has 21 heavy (non-hydrogen) atoms. The molecule has 0 fully saturated rings. The van der Waals surface area contributed by atoms with Crippen molar-refractivity contribution in [3.05, 3.63) is 58.1 Å². The van der Waals surface area contributed by atoms with Crippen LogP contribution in [0, 0.1) is 6.92 Å². The third kappa shape index (κ3) is 4.76. The Balaban J connectivity index is 1.90. The largest absolute Gasteiger partial charge is 0.490 e. The minimum absolute atomic E-state index is 0.426. The summed E-state index contributed by atoms with van der Waals surface area (Å²) in [5.74, 6) is 1.51. The van der Waals surface area contributed by atoms with Gasteiger partial charge in [-0.25, -0.2) is 0 Å². The van der Waals surface area contributed by atoms with Gasteiger partial charge in [0.15, 0.2) is 0 Å². The third-order valence-corrected chi connectivity index (χ3v) is 3.52. The van der Waals surface area contributed by atoms with Gasteiger partial charge in [-0.05, 0) is 43.7 Å². The molecule has 2 aromatic rings. The number of aliphatic hydroxyl groups excluding tert-OH is 1. The molecular weight excluding hydrogens is 332 g/mol. The molecule has 0 radical (unpaired) electrons. The highest BCUT2D eigenvalue weighted by Crippen LogP contribution is 2.26. The van der Waals surface area contributed by atoms with E-state index in [9.17, 15) is 5.11 Å². The average molecular weight is 351 g/mol. The van der Waals surface area contributed by atoms with E-state index in [1.165, 1.54) is 0 Å². The van der Waals surface area contributed by atoms with Gasteiger partial charge in [-0.2, -0.15) is 0 Å². The Labute approximate surface area is 133 Å². The molecule has 4 heteroatoms. The number of ether oxygens (including phenoxy) is 2. The molecule has 0 saturated carbocycles. The maximum absolute atomic E-state index is 9.74. The second-order valence-electron chi connectivity index (χ2n) is 4.87. The van der Waals surface area contributed by atoms with Crippen molar-refractivity contribution in [3.8, 4) is 11.5 Å². The molecule has 3 nitrogen and oxygen atoms in total. The van der Waals surface area contributed by atoms with Gasteiger partial charge in [0.25, 0.3) is 0 Å². The van der Waals surface area contributed by atoms with E-state index in [0.29, 0.717) is 19.0 Å². The maximum Gasteiger partial charge on any atom is 0.125 e. The van der Waals surface area contributed by atoms with Crippen LogP contribution in [-0.2, 0) is 0 Å². The number of aliphatic hydroxyl groups is 1. The van der Waals surface area contributed by atoms with Crippen molar-refractivity contribution in [2.24, 2.45) is 0 Å². The first-order chi connectivity index (χ1) is 10.1. The van der Waals surface area contributed by atoms with Crippen LogP contribution in [0.4, 0.5) is 0 Å². The van der Waals surface area contributed by atoms with Crippen LogP contribution in [-0.4, -0.2) is 18.3 Å². The fraction of sp³-hybridized carbons (Fsp3) is 0.294. The molecule has 0 aliphatic heterocycles. The summed E-state index contributed by atoms with van der Waals surface area (Å²) in [5, 5.41) is 9.74. The number of rotatable bonds is 6. The van der Waals surface area contributed by atoms with Crippen molar-refractivity contribution < 1.29 is 14.6 Å². The Bertz CT molecular complexity index is 596. The first-order valence-corrected chi connectivity index (χ1v) is 7.65. The fourth-order valence-corrected chi connectivity index (χ4v) is 2.36. The van der Waals surface area contributed by atoms with Gasteiger partial charge in [0.1, 0.15) is 24.7 Å². The summed E-state index contributed by atoms with van der Waals surface area (Å²) in [6.45, 7) is 4.60. The zero-order valence-corrected chi connectivity index (χ0v) is 13.8. The minimum atomic E-state index is -0.549. The molecule has 0 aliphatic carbocycles. The SMILES string of the molecule is Cc1ccc(C(C)O)c(OCCOc2cccc(Br)c2)c1. The summed E-state index contributed by atoms with van der Waals surface area (Å²) in [4.78, 5) is 0. The Kier molecular flexibility index (Phi) is 5.65. The first-order valence-electron chi connectivity index (χ1n) is 6.86. The molecule has 0 aliphatic rings. The predicted octanol–water partition coefficient (Wildman–Crippen LogP) is 4.27. The third-order valence-electron chi connectivity index (χ3n) is 3.02. The van der Waals surface area contributed by atoms with E-state index in [1.807, 2.05) is 49.4 Å². The lowest BCUT2D eigenvalue weighted by molar-refractivity contribution is 0.182. The Morgan fingerprint density at radius 3 is 2.57 bits per heavy atom. The van der Waals surface area contributed by atoms with Gasteiger partial charge in [-0.15, -0.1) is 0 Å².